The lowest BCUT2D eigenvalue weighted by atomic mass is 10.2. The van der Waals surface area contributed by atoms with E-state index in [1.807, 2.05) is 0 Å². The second-order valence-corrected chi connectivity index (χ2v) is 2.45. The first-order valence-corrected chi connectivity index (χ1v) is 4.10. The van der Waals surface area contributed by atoms with Gasteiger partial charge in [-0.25, -0.2) is 4.79 Å². The van der Waals surface area contributed by atoms with Gasteiger partial charge in [-0.15, -0.1) is 0 Å². The molecule has 5 nitrogen and oxygen atoms in total. The van der Waals surface area contributed by atoms with Crippen molar-refractivity contribution in [2.24, 2.45) is 4.99 Å². The van der Waals surface area contributed by atoms with Gasteiger partial charge in [0.1, 0.15) is 12.3 Å². The van der Waals surface area contributed by atoms with Crippen LogP contribution in [0.15, 0.2) is 4.99 Å². The summed E-state index contributed by atoms with van der Waals surface area (Å²) < 4.78 is 9.36. The Bertz CT molecular complexity index is 247. The molecule has 1 aliphatic rings. The van der Waals surface area contributed by atoms with Gasteiger partial charge < -0.3 is 9.47 Å². The van der Waals surface area contributed by atoms with Crippen molar-refractivity contribution in [1.29, 1.82) is 0 Å². The van der Waals surface area contributed by atoms with Gasteiger partial charge in [0.25, 0.3) is 0 Å². The average molecular weight is 185 g/mol. The van der Waals surface area contributed by atoms with E-state index in [1.165, 1.54) is 0 Å². The highest BCUT2D eigenvalue weighted by Gasteiger charge is 2.20. The molecular weight excluding hydrogens is 174 g/mol. The molecule has 0 radical (unpaired) electrons. The van der Waals surface area contributed by atoms with Crippen LogP contribution in [0.5, 0.6) is 0 Å². The highest BCUT2D eigenvalue weighted by Crippen LogP contribution is 1.99. The molecule has 0 fully saturated rings. The minimum absolute atomic E-state index is 0.0906. The fraction of sp³-hybridized carbons (Fsp3) is 0.625. The highest BCUT2D eigenvalue weighted by atomic mass is 16.5. The van der Waals surface area contributed by atoms with Crippen LogP contribution in [0, 0.1) is 0 Å². The quantitative estimate of drug-likeness (QED) is 0.577. The molecule has 1 aliphatic heterocycles. The number of cyclic esters (lactones) is 1. The van der Waals surface area contributed by atoms with Crippen LogP contribution in [0.3, 0.4) is 0 Å². The molecular formula is C8H11NO4. The van der Waals surface area contributed by atoms with Crippen LogP contribution in [0.25, 0.3) is 0 Å². The van der Waals surface area contributed by atoms with Gasteiger partial charge in [-0.05, 0) is 6.92 Å². The van der Waals surface area contributed by atoms with Crippen molar-refractivity contribution in [2.45, 2.75) is 13.3 Å². The predicted octanol–water partition coefficient (Wildman–Crippen LogP) is -0.0626. The van der Waals surface area contributed by atoms with Crippen LogP contribution < -0.4 is 0 Å². The lowest BCUT2D eigenvalue weighted by Crippen LogP contribution is -2.27. The van der Waals surface area contributed by atoms with Gasteiger partial charge in [-0.2, -0.15) is 0 Å². The van der Waals surface area contributed by atoms with Crippen molar-refractivity contribution in [3.8, 4) is 0 Å². The number of esters is 2. The lowest BCUT2D eigenvalue weighted by molar-refractivity contribution is -0.143. The molecule has 72 valence electrons. The van der Waals surface area contributed by atoms with Crippen molar-refractivity contribution in [2.75, 3.05) is 19.8 Å². The number of carbonyl (C=O) groups is 2. The summed E-state index contributed by atoms with van der Waals surface area (Å²) in [5, 5.41) is 0. The first kappa shape index (κ1) is 9.70. The standard InChI is InChI=1S/C8H11NO4/c1-2-12-7(10)5-6-8(11)13-4-3-9-6/h2-5H2,1H3. The molecule has 1 heterocycles. The summed E-state index contributed by atoms with van der Waals surface area (Å²) in [5.41, 5.74) is 0.157. The van der Waals surface area contributed by atoms with Crippen LogP contribution in [-0.4, -0.2) is 37.4 Å². The van der Waals surface area contributed by atoms with Crippen molar-refractivity contribution in [3.05, 3.63) is 0 Å². The summed E-state index contributed by atoms with van der Waals surface area (Å²) in [4.78, 5) is 25.8. The van der Waals surface area contributed by atoms with E-state index in [-0.39, 0.29) is 12.1 Å². The zero-order valence-corrected chi connectivity index (χ0v) is 7.41. The van der Waals surface area contributed by atoms with Crippen molar-refractivity contribution in [1.82, 2.24) is 0 Å². The van der Waals surface area contributed by atoms with Gasteiger partial charge in [-0.1, -0.05) is 0 Å². The molecule has 0 atom stereocenters. The molecule has 0 spiro atoms. The van der Waals surface area contributed by atoms with Gasteiger partial charge in [0, 0.05) is 0 Å². The normalized spacial score (nSPS) is 16.1. The maximum Gasteiger partial charge on any atom is 0.352 e. The molecule has 0 amide bonds. The summed E-state index contributed by atoms with van der Waals surface area (Å²) in [6.45, 7) is 2.74. The Kier molecular flexibility index (Phi) is 3.42. The van der Waals surface area contributed by atoms with Crippen LogP contribution in [-0.2, 0) is 19.1 Å². The Morgan fingerprint density at radius 3 is 3.08 bits per heavy atom. The largest absolute Gasteiger partial charge is 0.466 e. The van der Waals surface area contributed by atoms with Gasteiger partial charge in [-0.3, -0.25) is 9.79 Å². The third-order valence-electron chi connectivity index (χ3n) is 1.48. The van der Waals surface area contributed by atoms with Crippen molar-refractivity contribution >= 4 is 17.7 Å². The van der Waals surface area contributed by atoms with Gasteiger partial charge in [0.15, 0.2) is 0 Å². The van der Waals surface area contributed by atoms with E-state index in [0.717, 1.165) is 0 Å². The first-order chi connectivity index (χ1) is 6.24. The SMILES string of the molecule is CCOC(=O)CC1=NCCOC1=O. The Labute approximate surface area is 75.7 Å². The van der Waals surface area contributed by atoms with E-state index in [2.05, 4.69) is 9.73 Å². The second-order valence-electron chi connectivity index (χ2n) is 2.45. The number of aliphatic imine (C=N–C) groups is 1. The molecule has 1 rings (SSSR count). The van der Waals surface area contributed by atoms with E-state index in [4.69, 9.17) is 4.74 Å². The van der Waals surface area contributed by atoms with E-state index in [1.54, 1.807) is 6.92 Å². The molecule has 0 N–H and O–H groups in total. The highest BCUT2D eigenvalue weighted by molar-refractivity contribution is 6.39. The third kappa shape index (κ3) is 2.85. The van der Waals surface area contributed by atoms with Crippen LogP contribution >= 0.6 is 0 Å². The Hall–Kier alpha value is -1.39. The number of hydrogen-bond donors (Lipinski definition) is 0. The average Bonchev–Trinajstić information content (AvgIpc) is 2.09. The first-order valence-electron chi connectivity index (χ1n) is 4.10. The van der Waals surface area contributed by atoms with E-state index < -0.39 is 11.9 Å². The van der Waals surface area contributed by atoms with E-state index in [0.29, 0.717) is 19.8 Å². The van der Waals surface area contributed by atoms with E-state index in [9.17, 15) is 9.59 Å². The molecule has 0 aromatic heterocycles. The minimum Gasteiger partial charge on any atom is -0.466 e. The Morgan fingerprint density at radius 1 is 1.69 bits per heavy atom. The number of rotatable bonds is 3. The topological polar surface area (TPSA) is 65.0 Å². The number of hydrogen-bond acceptors (Lipinski definition) is 5. The summed E-state index contributed by atoms with van der Waals surface area (Å²) in [6, 6.07) is 0. The molecule has 0 unspecified atom stereocenters. The molecule has 0 aliphatic carbocycles. The lowest BCUT2D eigenvalue weighted by Gasteiger charge is -2.10. The van der Waals surface area contributed by atoms with Gasteiger partial charge >= 0.3 is 11.9 Å². The van der Waals surface area contributed by atoms with Crippen LogP contribution in [0.2, 0.25) is 0 Å². The molecule has 0 saturated heterocycles. The molecule has 0 aromatic rings. The summed E-state index contributed by atoms with van der Waals surface area (Å²) in [6.07, 6.45) is -0.0906. The minimum atomic E-state index is -0.515. The Morgan fingerprint density at radius 2 is 2.46 bits per heavy atom. The fourth-order valence-electron chi connectivity index (χ4n) is 0.944. The van der Waals surface area contributed by atoms with Crippen LogP contribution in [0.1, 0.15) is 13.3 Å². The maximum absolute atomic E-state index is 11.0. The predicted molar refractivity (Wildman–Crippen MR) is 44.5 cm³/mol. The van der Waals surface area contributed by atoms with E-state index >= 15 is 0 Å². The summed E-state index contributed by atoms with van der Waals surface area (Å²) in [5.74, 6) is -0.959. The number of nitrogens with zero attached hydrogens (tertiary/aromatic N) is 1. The van der Waals surface area contributed by atoms with Gasteiger partial charge in [0.05, 0.1) is 19.6 Å². The third-order valence-corrected chi connectivity index (χ3v) is 1.48. The summed E-state index contributed by atoms with van der Waals surface area (Å²) >= 11 is 0. The molecule has 5 heteroatoms. The molecule has 13 heavy (non-hydrogen) atoms. The monoisotopic (exact) mass is 185 g/mol. The van der Waals surface area contributed by atoms with Crippen molar-refractivity contribution in [3.63, 3.8) is 0 Å². The summed E-state index contributed by atoms with van der Waals surface area (Å²) in [7, 11) is 0. The number of carbonyl (C=O) groups excluding carboxylic acids is 2. The second kappa shape index (κ2) is 4.59. The maximum atomic E-state index is 11.0. The molecule has 0 aromatic carbocycles. The number of ether oxygens (including phenoxy) is 2. The zero-order chi connectivity index (χ0) is 9.68. The Balaban J connectivity index is 2.47. The fourth-order valence-corrected chi connectivity index (χ4v) is 0.944. The van der Waals surface area contributed by atoms with Gasteiger partial charge in [0.2, 0.25) is 0 Å². The van der Waals surface area contributed by atoms with Crippen LogP contribution in [0.4, 0.5) is 0 Å². The smallest absolute Gasteiger partial charge is 0.352 e. The zero-order valence-electron chi connectivity index (χ0n) is 7.41. The molecule has 0 bridgehead atoms. The van der Waals surface area contributed by atoms with Crippen molar-refractivity contribution < 1.29 is 19.1 Å². The molecule has 0 saturated carbocycles.